The largest absolute Gasteiger partial charge is 0.481 e. The maximum absolute atomic E-state index is 12.7. The molecule has 2 N–H and O–H groups in total. The van der Waals surface area contributed by atoms with Crippen LogP contribution in [-0.4, -0.2) is 36.6 Å². The van der Waals surface area contributed by atoms with Crippen LogP contribution in [0.1, 0.15) is 21.5 Å². The van der Waals surface area contributed by atoms with Gasteiger partial charge in [0.25, 0.3) is 10.0 Å². The Balaban J connectivity index is 2.05. The predicted octanol–water partition coefficient (Wildman–Crippen LogP) is 3.27. The van der Waals surface area contributed by atoms with Gasteiger partial charge in [0.2, 0.25) is 11.8 Å². The van der Waals surface area contributed by atoms with Gasteiger partial charge < -0.3 is 9.84 Å². The number of hydrogen-bond acceptors (Lipinski definition) is 6. The zero-order valence-electron chi connectivity index (χ0n) is 16.0. The Morgan fingerprint density at radius 2 is 1.69 bits per heavy atom. The molecule has 9 heteroatoms. The Labute approximate surface area is 168 Å². The standard InChI is InChI=1S/C20H19N3O5S/c1-12-6-4-7-13(2)18(12)16-11-17(28-3)22-20(21-16)23-29(26,27)15-9-5-8-14(10-15)19(24)25/h4-11H,1-3H3,(H,24,25)(H,21,22,23). The number of aryl methyl sites for hydroxylation is 2. The first-order chi connectivity index (χ1) is 13.7. The average molecular weight is 413 g/mol. The molecule has 0 amide bonds. The highest BCUT2D eigenvalue weighted by Gasteiger charge is 2.19. The third-order valence-electron chi connectivity index (χ3n) is 4.27. The molecule has 0 bridgehead atoms. The van der Waals surface area contributed by atoms with Crippen molar-refractivity contribution in [3.63, 3.8) is 0 Å². The van der Waals surface area contributed by atoms with E-state index in [9.17, 15) is 13.2 Å². The zero-order chi connectivity index (χ0) is 21.2. The van der Waals surface area contributed by atoms with Crippen LogP contribution >= 0.6 is 0 Å². The number of nitrogens with zero attached hydrogens (tertiary/aromatic N) is 2. The van der Waals surface area contributed by atoms with E-state index in [1.807, 2.05) is 32.0 Å². The van der Waals surface area contributed by atoms with Gasteiger partial charge in [-0.3, -0.25) is 0 Å². The van der Waals surface area contributed by atoms with Crippen LogP contribution in [0, 0.1) is 13.8 Å². The highest BCUT2D eigenvalue weighted by Crippen LogP contribution is 2.29. The highest BCUT2D eigenvalue weighted by molar-refractivity contribution is 7.92. The minimum absolute atomic E-state index is 0.143. The molecule has 0 aliphatic carbocycles. The fourth-order valence-corrected chi connectivity index (χ4v) is 3.89. The quantitative estimate of drug-likeness (QED) is 0.636. The lowest BCUT2D eigenvalue weighted by Gasteiger charge is -2.13. The normalized spacial score (nSPS) is 11.1. The molecule has 8 nitrogen and oxygen atoms in total. The second-order valence-electron chi connectivity index (χ2n) is 6.32. The molecule has 0 aliphatic heterocycles. The van der Waals surface area contributed by atoms with Crippen LogP contribution in [0.2, 0.25) is 0 Å². The third-order valence-corrected chi connectivity index (χ3v) is 5.59. The maximum atomic E-state index is 12.7. The molecule has 0 aliphatic rings. The molecular formula is C20H19N3O5S. The molecule has 0 spiro atoms. The molecule has 150 valence electrons. The smallest absolute Gasteiger partial charge is 0.335 e. The van der Waals surface area contributed by atoms with E-state index in [2.05, 4.69) is 14.7 Å². The summed E-state index contributed by atoms with van der Waals surface area (Å²) in [5.74, 6) is -1.21. The van der Waals surface area contributed by atoms with Crippen molar-refractivity contribution in [3.05, 3.63) is 65.2 Å². The number of carboxylic acids is 1. The van der Waals surface area contributed by atoms with Crippen molar-refractivity contribution in [2.45, 2.75) is 18.7 Å². The van der Waals surface area contributed by atoms with Gasteiger partial charge in [-0.2, -0.15) is 4.98 Å². The molecule has 0 atom stereocenters. The number of aromatic carboxylic acids is 1. The molecule has 3 rings (SSSR count). The van der Waals surface area contributed by atoms with Gasteiger partial charge in [-0.25, -0.2) is 22.9 Å². The van der Waals surface area contributed by atoms with Crippen molar-refractivity contribution in [2.75, 3.05) is 11.8 Å². The van der Waals surface area contributed by atoms with Crippen LogP contribution in [0.15, 0.2) is 53.4 Å². The molecule has 0 saturated carbocycles. The number of nitrogens with one attached hydrogen (secondary N) is 1. The topological polar surface area (TPSA) is 118 Å². The third kappa shape index (κ3) is 4.35. The summed E-state index contributed by atoms with van der Waals surface area (Å²) in [6.07, 6.45) is 0. The van der Waals surface area contributed by atoms with E-state index < -0.39 is 16.0 Å². The fraction of sp³-hybridized carbons (Fsp3) is 0.150. The lowest BCUT2D eigenvalue weighted by atomic mass is 10.00. The van der Waals surface area contributed by atoms with E-state index in [0.29, 0.717) is 5.69 Å². The van der Waals surface area contributed by atoms with Crippen LogP contribution in [0.4, 0.5) is 5.95 Å². The van der Waals surface area contributed by atoms with Crippen LogP contribution in [0.25, 0.3) is 11.3 Å². The summed E-state index contributed by atoms with van der Waals surface area (Å²) in [7, 11) is -2.69. The van der Waals surface area contributed by atoms with E-state index in [0.717, 1.165) is 22.8 Å². The Kier molecular flexibility index (Phi) is 5.51. The van der Waals surface area contributed by atoms with Gasteiger partial charge in [0, 0.05) is 11.6 Å². The summed E-state index contributed by atoms with van der Waals surface area (Å²) in [5.41, 5.74) is 3.14. The van der Waals surface area contributed by atoms with Crippen molar-refractivity contribution in [1.29, 1.82) is 0 Å². The lowest BCUT2D eigenvalue weighted by Crippen LogP contribution is -2.16. The number of carboxylic acid groups (broad SMARTS) is 1. The first kappa shape index (κ1) is 20.3. The number of anilines is 1. The van der Waals surface area contributed by atoms with Crippen molar-refractivity contribution >= 4 is 21.9 Å². The Morgan fingerprint density at radius 3 is 2.31 bits per heavy atom. The van der Waals surface area contributed by atoms with Gasteiger partial charge in [0.15, 0.2) is 0 Å². The van der Waals surface area contributed by atoms with Crippen molar-refractivity contribution in [1.82, 2.24) is 9.97 Å². The Morgan fingerprint density at radius 1 is 1.03 bits per heavy atom. The second kappa shape index (κ2) is 7.88. The summed E-state index contributed by atoms with van der Waals surface area (Å²) in [5, 5.41) is 9.09. The SMILES string of the molecule is COc1cc(-c2c(C)cccc2C)nc(NS(=O)(=O)c2cccc(C(=O)O)c2)n1. The lowest BCUT2D eigenvalue weighted by molar-refractivity contribution is 0.0696. The first-order valence-electron chi connectivity index (χ1n) is 8.57. The summed E-state index contributed by atoms with van der Waals surface area (Å²) in [4.78, 5) is 19.3. The number of hydrogen-bond donors (Lipinski definition) is 2. The van der Waals surface area contributed by atoms with Crippen molar-refractivity contribution < 1.29 is 23.1 Å². The molecule has 29 heavy (non-hydrogen) atoms. The summed E-state index contributed by atoms with van der Waals surface area (Å²) >= 11 is 0. The van der Waals surface area contributed by atoms with Crippen LogP contribution in [0.3, 0.4) is 0 Å². The molecular weight excluding hydrogens is 394 g/mol. The van der Waals surface area contributed by atoms with Crippen LogP contribution in [0.5, 0.6) is 5.88 Å². The summed E-state index contributed by atoms with van der Waals surface area (Å²) in [6, 6.07) is 12.4. The minimum atomic E-state index is -4.11. The monoisotopic (exact) mass is 413 g/mol. The molecule has 2 aromatic carbocycles. The van der Waals surface area contributed by atoms with Crippen LogP contribution in [-0.2, 0) is 10.0 Å². The number of methoxy groups -OCH3 is 1. The van der Waals surface area contributed by atoms with E-state index in [1.165, 1.54) is 25.3 Å². The molecule has 0 unspecified atom stereocenters. The van der Waals surface area contributed by atoms with Crippen LogP contribution < -0.4 is 9.46 Å². The van der Waals surface area contributed by atoms with E-state index in [1.54, 1.807) is 6.07 Å². The fourth-order valence-electron chi connectivity index (χ4n) is 2.90. The maximum Gasteiger partial charge on any atom is 0.335 e. The first-order valence-corrected chi connectivity index (χ1v) is 10.1. The van der Waals surface area contributed by atoms with E-state index in [4.69, 9.17) is 9.84 Å². The summed E-state index contributed by atoms with van der Waals surface area (Å²) in [6.45, 7) is 3.86. The number of rotatable bonds is 6. The summed E-state index contributed by atoms with van der Waals surface area (Å²) < 4.78 is 33.0. The molecule has 3 aromatic rings. The molecule has 0 saturated heterocycles. The van der Waals surface area contributed by atoms with Gasteiger partial charge in [-0.15, -0.1) is 0 Å². The molecule has 1 heterocycles. The predicted molar refractivity (Wildman–Crippen MR) is 108 cm³/mol. The van der Waals surface area contributed by atoms with Crippen molar-refractivity contribution in [2.24, 2.45) is 0 Å². The Bertz CT molecular complexity index is 1170. The van der Waals surface area contributed by atoms with Gasteiger partial charge in [0.1, 0.15) is 0 Å². The Hall–Kier alpha value is -3.46. The van der Waals surface area contributed by atoms with Gasteiger partial charge in [-0.05, 0) is 43.2 Å². The highest BCUT2D eigenvalue weighted by atomic mass is 32.2. The second-order valence-corrected chi connectivity index (χ2v) is 8.01. The number of benzene rings is 2. The number of carbonyl (C=O) groups is 1. The number of aromatic nitrogens is 2. The molecule has 0 fully saturated rings. The van der Waals surface area contributed by atoms with Crippen molar-refractivity contribution in [3.8, 4) is 17.1 Å². The van der Waals surface area contributed by atoms with Gasteiger partial charge >= 0.3 is 5.97 Å². The van der Waals surface area contributed by atoms with E-state index >= 15 is 0 Å². The number of sulfonamides is 1. The van der Waals surface area contributed by atoms with Gasteiger partial charge in [-0.1, -0.05) is 24.3 Å². The van der Waals surface area contributed by atoms with Gasteiger partial charge in [0.05, 0.1) is 23.3 Å². The molecule has 1 aromatic heterocycles. The minimum Gasteiger partial charge on any atom is -0.481 e. The average Bonchev–Trinajstić information content (AvgIpc) is 2.67. The zero-order valence-corrected chi connectivity index (χ0v) is 16.8. The molecule has 0 radical (unpaired) electrons. The number of ether oxygens (including phenoxy) is 1. The van der Waals surface area contributed by atoms with E-state index in [-0.39, 0.29) is 22.3 Å².